The summed E-state index contributed by atoms with van der Waals surface area (Å²) >= 11 is 0. The first-order valence-electron chi connectivity index (χ1n) is 18.4. The molecule has 3 N–H and O–H groups in total. The number of unbranched alkanes of at least 4 members (excludes halogenated alkanes) is 5. The van der Waals surface area contributed by atoms with Crippen LogP contribution in [0.4, 0.5) is 0 Å². The van der Waals surface area contributed by atoms with E-state index in [1.807, 2.05) is 36.4 Å². The number of allylic oxidation sites excluding steroid dienone is 2. The van der Waals surface area contributed by atoms with Crippen LogP contribution in [0.1, 0.15) is 62.5 Å². The zero-order valence-corrected chi connectivity index (χ0v) is 31.2. The van der Waals surface area contributed by atoms with Crippen LogP contribution in [-0.4, -0.2) is 98.6 Å². The number of nitrogens with two attached hydrogens (primary N) is 1. The van der Waals surface area contributed by atoms with Crippen LogP contribution in [0.25, 0.3) is 0 Å². The van der Waals surface area contributed by atoms with E-state index in [0.29, 0.717) is 108 Å². The van der Waals surface area contributed by atoms with Gasteiger partial charge in [-0.1, -0.05) is 18.6 Å². The lowest BCUT2D eigenvalue weighted by atomic mass is 10.1. The lowest BCUT2D eigenvalue weighted by Crippen LogP contribution is -2.80. The van der Waals surface area contributed by atoms with Crippen LogP contribution in [-0.2, 0) is 32.0 Å². The molecule has 51 heavy (non-hydrogen) atoms. The average molecular weight is 719 g/mol. The molecule has 0 amide bonds. The van der Waals surface area contributed by atoms with Crippen molar-refractivity contribution in [2.45, 2.75) is 64.5 Å². The third kappa shape index (κ3) is 20.3. The molecule has 11 nitrogen and oxygen atoms in total. The van der Waals surface area contributed by atoms with Crippen molar-refractivity contribution < 1.29 is 53.1 Å². The Bertz CT molecular complexity index is 1150. The molecule has 11 heteroatoms. The van der Waals surface area contributed by atoms with Gasteiger partial charge in [0.1, 0.15) is 26.3 Å². The monoisotopic (exact) mass is 718 g/mol. The fourth-order valence-corrected chi connectivity index (χ4v) is 4.98. The first kappa shape index (κ1) is 43.8. The summed E-state index contributed by atoms with van der Waals surface area (Å²) in [6.45, 7) is 14.9. The summed E-state index contributed by atoms with van der Waals surface area (Å²) in [5.74, 6) is 3.23. The highest BCUT2D eigenvalue weighted by atomic mass is 16.6. The number of aliphatic hydroxyl groups excluding tert-OH is 1. The number of ether oxygens (including phenoxy) is 9. The minimum atomic E-state index is 0.226. The van der Waals surface area contributed by atoms with E-state index < -0.39 is 0 Å². The third-order valence-electron chi connectivity index (χ3n) is 7.70. The summed E-state index contributed by atoms with van der Waals surface area (Å²) in [6.07, 6.45) is 11.3. The molecule has 0 saturated heterocycles. The number of hydrogen-bond donors (Lipinski definition) is 2. The van der Waals surface area contributed by atoms with Gasteiger partial charge < -0.3 is 53.1 Å². The standard InChI is InChI=1S/C40H63NO10/c1-5-7-12-18-45-21-23-47-25-27-49-36-16-15-34(29-37(36)50-28-26-48-24-22-46-19-13-8-6-2)32-41-33-35-30-38(43-3)40(39(31-35)44-4)51-20-14-10-9-11-17-42/h5-6,15-16,29-31,41-42H,1-2,7-14,17-28,32-33H2,3-4H3/p+1. The van der Waals surface area contributed by atoms with Gasteiger partial charge in [0.2, 0.25) is 5.75 Å². The molecule has 0 heterocycles. The van der Waals surface area contributed by atoms with Gasteiger partial charge in [-0.05, 0) is 75.3 Å². The van der Waals surface area contributed by atoms with Crippen LogP contribution in [0.5, 0.6) is 28.7 Å². The third-order valence-corrected chi connectivity index (χ3v) is 7.70. The maximum Gasteiger partial charge on any atom is 0.203 e. The first-order chi connectivity index (χ1) is 25.2. The number of rotatable bonds is 35. The van der Waals surface area contributed by atoms with Gasteiger partial charge >= 0.3 is 0 Å². The smallest absolute Gasteiger partial charge is 0.203 e. The highest BCUT2D eigenvalue weighted by molar-refractivity contribution is 5.53. The zero-order chi connectivity index (χ0) is 36.6. The largest absolute Gasteiger partial charge is 0.493 e. The quantitative estimate of drug-likeness (QED) is 0.0683. The second-order valence-corrected chi connectivity index (χ2v) is 11.8. The van der Waals surface area contributed by atoms with E-state index in [9.17, 15) is 0 Å². The molecule has 0 aromatic heterocycles. The molecule has 0 aliphatic carbocycles. The molecule has 0 atom stereocenters. The maximum atomic E-state index is 8.98. The van der Waals surface area contributed by atoms with Crippen LogP contribution >= 0.6 is 0 Å². The summed E-state index contributed by atoms with van der Waals surface area (Å²) in [4.78, 5) is 0. The molecule has 2 aromatic rings. The minimum Gasteiger partial charge on any atom is -0.493 e. The van der Waals surface area contributed by atoms with E-state index in [2.05, 4.69) is 24.5 Å². The van der Waals surface area contributed by atoms with Crippen LogP contribution in [0.3, 0.4) is 0 Å². The van der Waals surface area contributed by atoms with Crippen LogP contribution in [0.15, 0.2) is 55.6 Å². The van der Waals surface area contributed by atoms with Crippen LogP contribution in [0.2, 0.25) is 0 Å². The number of benzene rings is 2. The van der Waals surface area contributed by atoms with E-state index in [-0.39, 0.29) is 6.61 Å². The fraction of sp³-hybridized carbons (Fsp3) is 0.600. The molecule has 2 rings (SSSR count). The van der Waals surface area contributed by atoms with Gasteiger partial charge in [0.05, 0.1) is 60.5 Å². The predicted octanol–water partition coefficient (Wildman–Crippen LogP) is 5.66. The maximum absolute atomic E-state index is 8.98. The summed E-state index contributed by atoms with van der Waals surface area (Å²) in [5.41, 5.74) is 2.15. The molecule has 0 spiro atoms. The molecule has 0 radical (unpaired) electrons. The van der Waals surface area contributed by atoms with Crippen molar-refractivity contribution in [3.63, 3.8) is 0 Å². The van der Waals surface area contributed by atoms with Gasteiger partial charge in [0, 0.05) is 30.9 Å². The van der Waals surface area contributed by atoms with Crippen molar-refractivity contribution in [1.82, 2.24) is 0 Å². The van der Waals surface area contributed by atoms with Crippen LogP contribution in [0, 0.1) is 0 Å². The van der Waals surface area contributed by atoms with Gasteiger partial charge in [-0.15, -0.1) is 13.2 Å². The van der Waals surface area contributed by atoms with Crippen molar-refractivity contribution in [2.24, 2.45) is 0 Å². The molecule has 0 fully saturated rings. The summed E-state index contributed by atoms with van der Waals surface area (Å²) in [7, 11) is 3.28. The van der Waals surface area contributed by atoms with Crippen molar-refractivity contribution in [3.8, 4) is 28.7 Å². The van der Waals surface area contributed by atoms with E-state index in [1.54, 1.807) is 14.2 Å². The highest BCUT2D eigenvalue weighted by Crippen LogP contribution is 2.38. The molecular weight excluding hydrogens is 654 g/mol. The minimum absolute atomic E-state index is 0.226. The molecule has 2 aromatic carbocycles. The van der Waals surface area contributed by atoms with Crippen molar-refractivity contribution >= 4 is 0 Å². The van der Waals surface area contributed by atoms with Crippen LogP contribution < -0.4 is 29.0 Å². The first-order valence-corrected chi connectivity index (χ1v) is 18.4. The molecule has 0 aliphatic rings. The number of hydrogen-bond acceptors (Lipinski definition) is 10. The second kappa shape index (κ2) is 30.3. The van der Waals surface area contributed by atoms with Crippen molar-refractivity contribution in [3.05, 3.63) is 66.8 Å². The Labute approximate surface area is 306 Å². The predicted molar refractivity (Wildman–Crippen MR) is 199 cm³/mol. The summed E-state index contributed by atoms with van der Waals surface area (Å²) < 4.78 is 52.1. The Morgan fingerprint density at radius 1 is 0.529 bits per heavy atom. The lowest BCUT2D eigenvalue weighted by Gasteiger charge is -2.16. The molecular formula is C40H64NO10+. The number of methoxy groups -OCH3 is 2. The van der Waals surface area contributed by atoms with Crippen molar-refractivity contribution in [2.75, 3.05) is 93.5 Å². The van der Waals surface area contributed by atoms with Gasteiger partial charge in [0.15, 0.2) is 23.0 Å². The molecule has 0 unspecified atom stereocenters. The van der Waals surface area contributed by atoms with E-state index in [4.69, 9.17) is 47.7 Å². The van der Waals surface area contributed by atoms with Gasteiger partial charge in [-0.3, -0.25) is 0 Å². The van der Waals surface area contributed by atoms with E-state index in [0.717, 1.165) is 69.0 Å². The fourth-order valence-electron chi connectivity index (χ4n) is 4.98. The van der Waals surface area contributed by atoms with E-state index in [1.165, 1.54) is 0 Å². The lowest BCUT2D eigenvalue weighted by molar-refractivity contribution is -0.686. The zero-order valence-electron chi connectivity index (χ0n) is 31.2. The topological polar surface area (TPSA) is 120 Å². The Morgan fingerprint density at radius 2 is 1.04 bits per heavy atom. The Hall–Kier alpha value is -3.32. The highest BCUT2D eigenvalue weighted by Gasteiger charge is 2.16. The molecule has 288 valence electrons. The SMILES string of the molecule is C=CCCCOCCOCCOc1ccc(C[NH2+]Cc2cc(OC)c(OCCCCCCO)c(OC)c2)cc1OCCOCCOCCCC=C. The molecule has 0 bridgehead atoms. The van der Waals surface area contributed by atoms with E-state index >= 15 is 0 Å². The van der Waals surface area contributed by atoms with Gasteiger partial charge in [-0.2, -0.15) is 0 Å². The summed E-state index contributed by atoms with van der Waals surface area (Å²) in [6, 6.07) is 10.0. The van der Waals surface area contributed by atoms with Gasteiger partial charge in [-0.25, -0.2) is 0 Å². The Balaban J connectivity index is 1.91. The number of quaternary nitrogens is 1. The Kier molecular flexibility index (Phi) is 26.1. The molecule has 0 saturated carbocycles. The Morgan fingerprint density at radius 3 is 1.61 bits per heavy atom. The second-order valence-electron chi connectivity index (χ2n) is 11.8. The van der Waals surface area contributed by atoms with Crippen molar-refractivity contribution in [1.29, 1.82) is 0 Å². The normalized spacial score (nSPS) is 11.0. The average Bonchev–Trinajstić information content (AvgIpc) is 3.15. The summed E-state index contributed by atoms with van der Waals surface area (Å²) in [5, 5.41) is 11.2. The molecule has 0 aliphatic heterocycles. The number of aliphatic hydroxyl groups is 1. The van der Waals surface area contributed by atoms with Gasteiger partial charge in [0.25, 0.3) is 0 Å².